The molecular formula is C13H22N2O2. The molecule has 96 valence electrons. The first-order chi connectivity index (χ1) is 7.91. The number of nitrogens with zero attached hydrogens (tertiary/aromatic N) is 2. The molecule has 2 aliphatic heterocycles. The van der Waals surface area contributed by atoms with E-state index in [1.54, 1.807) is 4.90 Å². The molecule has 0 saturated carbocycles. The van der Waals surface area contributed by atoms with Crippen molar-refractivity contribution < 1.29 is 9.59 Å². The molecule has 0 spiro atoms. The fraction of sp³-hybridized carbons (Fsp3) is 0.846. The van der Waals surface area contributed by atoms with Gasteiger partial charge in [0.2, 0.25) is 5.91 Å². The highest BCUT2D eigenvalue weighted by atomic mass is 16.2. The molecule has 0 aromatic carbocycles. The Balaban J connectivity index is 1.95. The monoisotopic (exact) mass is 238 g/mol. The molecular weight excluding hydrogens is 216 g/mol. The lowest BCUT2D eigenvalue weighted by Crippen LogP contribution is -2.46. The summed E-state index contributed by atoms with van der Waals surface area (Å²) < 4.78 is 0. The van der Waals surface area contributed by atoms with Crippen LogP contribution in [0.4, 0.5) is 0 Å². The van der Waals surface area contributed by atoms with Gasteiger partial charge in [0.25, 0.3) is 0 Å². The normalized spacial score (nSPS) is 29.0. The van der Waals surface area contributed by atoms with Crippen LogP contribution in [0, 0.1) is 5.92 Å². The van der Waals surface area contributed by atoms with Crippen LogP contribution < -0.4 is 0 Å². The largest absolute Gasteiger partial charge is 0.330 e. The predicted octanol–water partition coefficient (Wildman–Crippen LogP) is 0.908. The fourth-order valence-electron chi connectivity index (χ4n) is 2.94. The second-order valence-electron chi connectivity index (χ2n) is 5.90. The van der Waals surface area contributed by atoms with Crippen molar-refractivity contribution in [1.29, 1.82) is 0 Å². The van der Waals surface area contributed by atoms with Crippen LogP contribution in [0.25, 0.3) is 0 Å². The van der Waals surface area contributed by atoms with Gasteiger partial charge in [-0.15, -0.1) is 0 Å². The summed E-state index contributed by atoms with van der Waals surface area (Å²) in [6.45, 7) is 6.42. The highest BCUT2D eigenvalue weighted by Gasteiger charge is 2.43. The Kier molecular flexibility index (Phi) is 3.25. The van der Waals surface area contributed by atoms with E-state index in [2.05, 4.69) is 11.9 Å². The van der Waals surface area contributed by atoms with Crippen LogP contribution in [0.2, 0.25) is 0 Å². The minimum absolute atomic E-state index is 0.154. The number of hydrogen-bond acceptors (Lipinski definition) is 3. The zero-order valence-corrected chi connectivity index (χ0v) is 11.0. The standard InChI is InChI=1S/C13H22N2O2/c1-13(2)11(16)5-7-15(13)12(17)8-10-4-6-14(3)9-10/h10H,4-9H2,1-3H3. The van der Waals surface area contributed by atoms with E-state index >= 15 is 0 Å². The third-order valence-corrected chi connectivity index (χ3v) is 4.17. The average Bonchev–Trinajstić information content (AvgIpc) is 2.73. The van der Waals surface area contributed by atoms with E-state index in [-0.39, 0.29) is 11.7 Å². The average molecular weight is 238 g/mol. The number of Topliss-reactive ketones (excluding diaryl/α,β-unsaturated/α-hetero) is 1. The number of likely N-dealkylation sites (tertiary alicyclic amines) is 2. The summed E-state index contributed by atoms with van der Waals surface area (Å²) in [7, 11) is 2.09. The third kappa shape index (κ3) is 2.37. The number of hydrogen-bond donors (Lipinski definition) is 0. The van der Waals surface area contributed by atoms with Gasteiger partial charge in [0.1, 0.15) is 0 Å². The highest BCUT2D eigenvalue weighted by molar-refractivity contribution is 5.95. The van der Waals surface area contributed by atoms with E-state index in [1.165, 1.54) is 0 Å². The molecule has 2 fully saturated rings. The maximum Gasteiger partial charge on any atom is 0.223 e. The van der Waals surface area contributed by atoms with Crippen molar-refractivity contribution in [3.05, 3.63) is 0 Å². The minimum atomic E-state index is -0.582. The summed E-state index contributed by atoms with van der Waals surface area (Å²) in [6, 6.07) is 0. The van der Waals surface area contributed by atoms with Gasteiger partial charge in [0.05, 0.1) is 5.54 Å². The Hall–Kier alpha value is -0.900. The molecule has 2 heterocycles. The first-order valence-corrected chi connectivity index (χ1v) is 6.43. The van der Waals surface area contributed by atoms with Gasteiger partial charge in [0.15, 0.2) is 5.78 Å². The topological polar surface area (TPSA) is 40.6 Å². The summed E-state index contributed by atoms with van der Waals surface area (Å²) in [5.74, 6) is 0.814. The maximum atomic E-state index is 12.2. The van der Waals surface area contributed by atoms with Gasteiger partial charge in [-0.25, -0.2) is 0 Å². The van der Waals surface area contributed by atoms with Crippen molar-refractivity contribution in [2.75, 3.05) is 26.7 Å². The summed E-state index contributed by atoms with van der Waals surface area (Å²) in [5, 5.41) is 0. The molecule has 1 unspecified atom stereocenters. The van der Waals surface area contributed by atoms with Crippen LogP contribution in [-0.2, 0) is 9.59 Å². The van der Waals surface area contributed by atoms with Gasteiger partial charge in [-0.3, -0.25) is 9.59 Å². The molecule has 0 aromatic heterocycles. The predicted molar refractivity (Wildman–Crippen MR) is 65.6 cm³/mol. The van der Waals surface area contributed by atoms with Crippen LogP contribution in [0.5, 0.6) is 0 Å². The molecule has 4 nitrogen and oxygen atoms in total. The number of carbonyl (C=O) groups is 2. The number of amides is 1. The molecule has 2 saturated heterocycles. The summed E-state index contributed by atoms with van der Waals surface area (Å²) in [5.41, 5.74) is -0.582. The van der Waals surface area contributed by atoms with Gasteiger partial charge >= 0.3 is 0 Å². The highest BCUT2D eigenvalue weighted by Crippen LogP contribution is 2.28. The number of rotatable bonds is 2. The zero-order valence-electron chi connectivity index (χ0n) is 11.0. The van der Waals surface area contributed by atoms with E-state index in [9.17, 15) is 9.59 Å². The van der Waals surface area contributed by atoms with E-state index < -0.39 is 5.54 Å². The zero-order chi connectivity index (χ0) is 12.6. The number of carbonyl (C=O) groups excluding carboxylic acids is 2. The van der Waals surface area contributed by atoms with Gasteiger partial charge in [-0.2, -0.15) is 0 Å². The van der Waals surface area contributed by atoms with E-state index in [0.717, 1.165) is 19.5 Å². The van der Waals surface area contributed by atoms with Crippen LogP contribution in [-0.4, -0.2) is 53.7 Å². The minimum Gasteiger partial charge on any atom is -0.330 e. The van der Waals surface area contributed by atoms with Crippen LogP contribution in [0.3, 0.4) is 0 Å². The van der Waals surface area contributed by atoms with E-state index in [4.69, 9.17) is 0 Å². The van der Waals surface area contributed by atoms with Gasteiger partial charge in [0, 0.05) is 25.9 Å². The quantitative estimate of drug-likeness (QED) is 0.718. The van der Waals surface area contributed by atoms with Crippen LogP contribution >= 0.6 is 0 Å². The molecule has 2 rings (SSSR count). The van der Waals surface area contributed by atoms with Gasteiger partial charge < -0.3 is 9.80 Å². The lowest BCUT2D eigenvalue weighted by Gasteiger charge is -2.30. The Morgan fingerprint density at radius 1 is 1.41 bits per heavy atom. The van der Waals surface area contributed by atoms with Crippen molar-refractivity contribution in [2.24, 2.45) is 5.92 Å². The fourth-order valence-corrected chi connectivity index (χ4v) is 2.94. The second-order valence-corrected chi connectivity index (χ2v) is 5.90. The molecule has 17 heavy (non-hydrogen) atoms. The lowest BCUT2D eigenvalue weighted by atomic mass is 9.98. The first kappa shape index (κ1) is 12.6. The van der Waals surface area contributed by atoms with Crippen LogP contribution in [0.1, 0.15) is 33.1 Å². The molecule has 4 heteroatoms. The van der Waals surface area contributed by atoms with Crippen molar-refractivity contribution in [3.8, 4) is 0 Å². The van der Waals surface area contributed by atoms with Crippen molar-refractivity contribution >= 4 is 11.7 Å². The SMILES string of the molecule is CN1CCC(CC(=O)N2CCC(=O)C2(C)C)C1. The smallest absolute Gasteiger partial charge is 0.223 e. The van der Waals surface area contributed by atoms with Crippen molar-refractivity contribution in [2.45, 2.75) is 38.6 Å². The summed E-state index contributed by atoms with van der Waals surface area (Å²) in [6.07, 6.45) is 2.22. The molecule has 0 aromatic rings. The molecule has 0 bridgehead atoms. The summed E-state index contributed by atoms with van der Waals surface area (Å²) in [4.78, 5) is 28.0. The van der Waals surface area contributed by atoms with Crippen molar-refractivity contribution in [1.82, 2.24) is 9.80 Å². The van der Waals surface area contributed by atoms with E-state index in [0.29, 0.717) is 25.3 Å². The molecule has 0 N–H and O–H groups in total. The Labute approximate surface area is 103 Å². The van der Waals surface area contributed by atoms with Crippen molar-refractivity contribution in [3.63, 3.8) is 0 Å². The second kappa shape index (κ2) is 4.41. The molecule has 1 amide bonds. The molecule has 0 aliphatic carbocycles. The molecule has 0 radical (unpaired) electrons. The summed E-state index contributed by atoms with van der Waals surface area (Å²) >= 11 is 0. The Morgan fingerprint density at radius 2 is 2.12 bits per heavy atom. The Bertz CT molecular complexity index is 338. The lowest BCUT2D eigenvalue weighted by molar-refractivity contribution is -0.139. The molecule has 1 atom stereocenters. The van der Waals surface area contributed by atoms with Gasteiger partial charge in [-0.1, -0.05) is 0 Å². The van der Waals surface area contributed by atoms with E-state index in [1.807, 2.05) is 13.8 Å². The Morgan fingerprint density at radius 3 is 2.59 bits per heavy atom. The third-order valence-electron chi connectivity index (χ3n) is 4.17. The first-order valence-electron chi connectivity index (χ1n) is 6.43. The van der Waals surface area contributed by atoms with Crippen LogP contribution in [0.15, 0.2) is 0 Å². The van der Waals surface area contributed by atoms with Gasteiger partial charge in [-0.05, 0) is 39.8 Å². The number of ketones is 1. The maximum absolute atomic E-state index is 12.2. The molecule has 2 aliphatic rings.